The van der Waals surface area contributed by atoms with Crippen LogP contribution in [0.1, 0.15) is 10.4 Å². The molecule has 4 rings (SSSR count). The zero-order chi connectivity index (χ0) is 18.3. The molecule has 3 heterocycles. The van der Waals surface area contributed by atoms with E-state index in [-0.39, 0.29) is 17.2 Å². The highest BCUT2D eigenvalue weighted by Gasteiger charge is 2.21. The number of rotatable bonds is 3. The number of carboxylic acids is 1. The summed E-state index contributed by atoms with van der Waals surface area (Å²) >= 11 is 6.07. The number of aromatic carboxylic acids is 1. The van der Waals surface area contributed by atoms with Gasteiger partial charge in [0, 0.05) is 36.9 Å². The summed E-state index contributed by atoms with van der Waals surface area (Å²) in [6.45, 7) is 3.11. The Bertz CT molecular complexity index is 981. The number of benzene rings is 1. The standard InChI is InChI=1S/C17H17ClN6O2/c18-11-2-1-3-12(8-11)22-4-6-23(7-5-22)13-9-14(16(25)26)15-20-17(19)21-24(15)10-13/h1-3,8-10H,4-7H2,(H2,19,21)(H,25,26). The number of hydrogen-bond donors (Lipinski definition) is 2. The largest absolute Gasteiger partial charge is 0.478 e. The first kappa shape index (κ1) is 16.5. The SMILES string of the molecule is Nc1nc2c(C(=O)O)cc(N3CCN(c4cccc(Cl)c4)CC3)cn2n1. The van der Waals surface area contributed by atoms with Gasteiger partial charge in [0.05, 0.1) is 11.9 Å². The lowest BCUT2D eigenvalue weighted by Crippen LogP contribution is -2.46. The molecule has 26 heavy (non-hydrogen) atoms. The number of piperazine rings is 1. The van der Waals surface area contributed by atoms with Crippen LogP contribution in [-0.2, 0) is 0 Å². The van der Waals surface area contributed by atoms with Gasteiger partial charge < -0.3 is 20.6 Å². The van der Waals surface area contributed by atoms with Crippen LogP contribution in [0.2, 0.25) is 5.02 Å². The summed E-state index contributed by atoms with van der Waals surface area (Å²) in [6, 6.07) is 9.40. The zero-order valence-electron chi connectivity index (χ0n) is 13.8. The Morgan fingerprint density at radius 2 is 1.81 bits per heavy atom. The van der Waals surface area contributed by atoms with Crippen molar-refractivity contribution in [3.63, 3.8) is 0 Å². The first-order valence-corrected chi connectivity index (χ1v) is 8.54. The van der Waals surface area contributed by atoms with Crippen molar-refractivity contribution < 1.29 is 9.90 Å². The minimum Gasteiger partial charge on any atom is -0.478 e. The van der Waals surface area contributed by atoms with Crippen LogP contribution in [0.5, 0.6) is 0 Å². The molecule has 1 aromatic carbocycles. The molecule has 134 valence electrons. The van der Waals surface area contributed by atoms with Gasteiger partial charge >= 0.3 is 5.97 Å². The summed E-state index contributed by atoms with van der Waals surface area (Å²) in [4.78, 5) is 19.9. The zero-order valence-corrected chi connectivity index (χ0v) is 14.6. The summed E-state index contributed by atoms with van der Waals surface area (Å²) in [5, 5.41) is 14.2. The molecule has 1 saturated heterocycles. The van der Waals surface area contributed by atoms with Gasteiger partial charge in [-0.15, -0.1) is 5.10 Å². The van der Waals surface area contributed by atoms with Crippen molar-refractivity contribution in [2.75, 3.05) is 41.7 Å². The van der Waals surface area contributed by atoms with Gasteiger partial charge in [-0.05, 0) is 24.3 Å². The summed E-state index contributed by atoms with van der Waals surface area (Å²) in [7, 11) is 0. The molecule has 2 aromatic heterocycles. The Hall–Kier alpha value is -3.00. The molecule has 1 aliphatic heterocycles. The third kappa shape index (κ3) is 2.99. The third-order valence-electron chi connectivity index (χ3n) is 4.48. The highest BCUT2D eigenvalue weighted by atomic mass is 35.5. The van der Waals surface area contributed by atoms with Gasteiger partial charge in [-0.25, -0.2) is 9.31 Å². The number of anilines is 3. The predicted octanol–water partition coefficient (Wildman–Crippen LogP) is 1.99. The van der Waals surface area contributed by atoms with Crippen molar-refractivity contribution in [2.45, 2.75) is 0 Å². The number of nitrogens with two attached hydrogens (primary N) is 1. The quantitative estimate of drug-likeness (QED) is 0.725. The Labute approximate surface area is 154 Å². The maximum Gasteiger partial charge on any atom is 0.339 e. The maximum absolute atomic E-state index is 11.6. The van der Waals surface area contributed by atoms with Gasteiger partial charge in [0.15, 0.2) is 5.65 Å². The van der Waals surface area contributed by atoms with E-state index in [2.05, 4.69) is 19.9 Å². The molecule has 0 spiro atoms. The minimum atomic E-state index is -1.05. The van der Waals surface area contributed by atoms with Crippen LogP contribution >= 0.6 is 11.6 Å². The number of carbonyl (C=O) groups is 1. The van der Waals surface area contributed by atoms with Gasteiger partial charge in [0.2, 0.25) is 5.95 Å². The summed E-state index contributed by atoms with van der Waals surface area (Å²) in [6.07, 6.45) is 1.76. The number of hydrogen-bond acceptors (Lipinski definition) is 6. The molecule has 0 unspecified atom stereocenters. The molecule has 0 atom stereocenters. The van der Waals surface area contributed by atoms with Crippen molar-refractivity contribution in [3.05, 3.63) is 47.1 Å². The van der Waals surface area contributed by atoms with Crippen molar-refractivity contribution in [1.82, 2.24) is 14.6 Å². The molecule has 0 saturated carbocycles. The van der Waals surface area contributed by atoms with E-state index in [1.807, 2.05) is 24.3 Å². The number of fused-ring (bicyclic) bond motifs is 1. The van der Waals surface area contributed by atoms with Crippen molar-refractivity contribution in [2.24, 2.45) is 0 Å². The smallest absolute Gasteiger partial charge is 0.339 e. The topological polar surface area (TPSA) is 100.0 Å². The number of nitrogens with zero attached hydrogens (tertiary/aromatic N) is 5. The lowest BCUT2D eigenvalue weighted by atomic mass is 10.2. The molecule has 8 nitrogen and oxygen atoms in total. The van der Waals surface area contributed by atoms with Gasteiger partial charge in [-0.3, -0.25) is 0 Å². The van der Waals surface area contributed by atoms with E-state index in [0.717, 1.165) is 37.6 Å². The van der Waals surface area contributed by atoms with E-state index in [0.29, 0.717) is 5.02 Å². The molecule has 1 fully saturated rings. The molecular weight excluding hydrogens is 356 g/mol. The minimum absolute atomic E-state index is 0.0513. The predicted molar refractivity (Wildman–Crippen MR) is 100 cm³/mol. The highest BCUT2D eigenvalue weighted by molar-refractivity contribution is 6.30. The Balaban J connectivity index is 1.58. The van der Waals surface area contributed by atoms with E-state index < -0.39 is 5.97 Å². The van der Waals surface area contributed by atoms with Gasteiger partial charge in [0.1, 0.15) is 5.56 Å². The normalized spacial score (nSPS) is 14.8. The fraction of sp³-hybridized carbons (Fsp3) is 0.235. The fourth-order valence-corrected chi connectivity index (χ4v) is 3.40. The van der Waals surface area contributed by atoms with Crippen LogP contribution < -0.4 is 15.5 Å². The van der Waals surface area contributed by atoms with Crippen molar-refractivity contribution in [1.29, 1.82) is 0 Å². The summed E-state index contributed by atoms with van der Waals surface area (Å²) in [5.41, 5.74) is 7.82. The van der Waals surface area contributed by atoms with Crippen molar-refractivity contribution in [3.8, 4) is 0 Å². The summed E-state index contributed by atoms with van der Waals surface area (Å²) in [5.74, 6) is -1.00. The highest BCUT2D eigenvalue weighted by Crippen LogP contribution is 2.25. The van der Waals surface area contributed by atoms with Crippen LogP contribution in [0.25, 0.3) is 5.65 Å². The van der Waals surface area contributed by atoms with Gasteiger partial charge in [-0.2, -0.15) is 4.98 Å². The number of pyridine rings is 1. The summed E-state index contributed by atoms with van der Waals surface area (Å²) < 4.78 is 1.43. The Morgan fingerprint density at radius 1 is 1.12 bits per heavy atom. The molecule has 0 radical (unpaired) electrons. The second-order valence-electron chi connectivity index (χ2n) is 6.11. The van der Waals surface area contributed by atoms with E-state index in [1.165, 1.54) is 4.52 Å². The maximum atomic E-state index is 11.6. The van der Waals surface area contributed by atoms with E-state index in [9.17, 15) is 9.90 Å². The fourth-order valence-electron chi connectivity index (χ4n) is 3.21. The van der Waals surface area contributed by atoms with Crippen LogP contribution in [-0.4, -0.2) is 51.9 Å². The molecule has 0 aliphatic carbocycles. The van der Waals surface area contributed by atoms with Crippen LogP contribution in [0.3, 0.4) is 0 Å². The molecule has 1 aliphatic rings. The average Bonchev–Trinajstić information content (AvgIpc) is 3.01. The lowest BCUT2D eigenvalue weighted by molar-refractivity contribution is 0.0698. The average molecular weight is 373 g/mol. The molecule has 9 heteroatoms. The Morgan fingerprint density at radius 3 is 2.46 bits per heavy atom. The lowest BCUT2D eigenvalue weighted by Gasteiger charge is -2.37. The molecular formula is C17H17ClN6O2. The second kappa shape index (κ2) is 6.38. The monoisotopic (exact) mass is 372 g/mol. The first-order valence-electron chi connectivity index (χ1n) is 8.16. The second-order valence-corrected chi connectivity index (χ2v) is 6.55. The Kier molecular flexibility index (Phi) is 4.04. The molecule has 3 N–H and O–H groups in total. The number of aromatic nitrogens is 3. The molecule has 0 amide bonds. The van der Waals surface area contributed by atoms with Crippen LogP contribution in [0.4, 0.5) is 17.3 Å². The van der Waals surface area contributed by atoms with Gasteiger partial charge in [0.25, 0.3) is 0 Å². The van der Waals surface area contributed by atoms with E-state index in [4.69, 9.17) is 17.3 Å². The molecule has 3 aromatic rings. The number of halogens is 1. The van der Waals surface area contributed by atoms with Crippen LogP contribution in [0.15, 0.2) is 36.5 Å². The first-order chi connectivity index (χ1) is 12.5. The van der Waals surface area contributed by atoms with Crippen molar-refractivity contribution >= 4 is 40.5 Å². The van der Waals surface area contributed by atoms with Gasteiger partial charge in [-0.1, -0.05) is 17.7 Å². The molecule has 0 bridgehead atoms. The number of nitrogen functional groups attached to an aromatic ring is 1. The van der Waals surface area contributed by atoms with E-state index >= 15 is 0 Å². The number of carboxylic acid groups (broad SMARTS) is 1. The van der Waals surface area contributed by atoms with E-state index in [1.54, 1.807) is 12.3 Å². The van der Waals surface area contributed by atoms with Crippen LogP contribution in [0, 0.1) is 0 Å². The third-order valence-corrected chi connectivity index (χ3v) is 4.72.